The van der Waals surface area contributed by atoms with Gasteiger partial charge in [0, 0.05) is 25.2 Å². The van der Waals surface area contributed by atoms with E-state index in [-0.39, 0.29) is 16.3 Å². The molecule has 0 aliphatic heterocycles. The Morgan fingerprint density at radius 1 is 1.35 bits per heavy atom. The summed E-state index contributed by atoms with van der Waals surface area (Å²) in [6, 6.07) is 10.0. The summed E-state index contributed by atoms with van der Waals surface area (Å²) in [5.74, 6) is 0.397. The van der Waals surface area contributed by atoms with E-state index in [0.717, 1.165) is 18.5 Å². The summed E-state index contributed by atoms with van der Waals surface area (Å²) in [4.78, 5) is 13.1. The van der Waals surface area contributed by atoms with E-state index < -0.39 is 0 Å². The number of ether oxygens (including phenoxy) is 1. The van der Waals surface area contributed by atoms with Gasteiger partial charge in [0.25, 0.3) is 0 Å². The maximum atomic E-state index is 13.1. The van der Waals surface area contributed by atoms with Crippen LogP contribution in [0.25, 0.3) is 0 Å². The van der Waals surface area contributed by atoms with Crippen LogP contribution in [0.15, 0.2) is 41.6 Å². The van der Waals surface area contributed by atoms with Crippen molar-refractivity contribution in [2.75, 3.05) is 26.1 Å². The topological polar surface area (TPSA) is 26.3 Å². The van der Waals surface area contributed by atoms with Gasteiger partial charge >= 0.3 is 5.91 Å². The number of carbonyl (C=O) groups is 1. The van der Waals surface area contributed by atoms with E-state index in [9.17, 15) is 4.79 Å². The molecule has 0 heterocycles. The van der Waals surface area contributed by atoms with Crippen molar-refractivity contribution in [2.24, 2.45) is 5.92 Å². The third kappa shape index (κ3) is 3.52. The van der Waals surface area contributed by atoms with Crippen molar-refractivity contribution < 1.29 is 9.53 Å². The van der Waals surface area contributed by atoms with Crippen molar-refractivity contribution in [1.82, 2.24) is 4.48 Å². The van der Waals surface area contributed by atoms with E-state index in [1.807, 2.05) is 30.3 Å². The molecule has 3 nitrogen and oxygen atoms in total. The van der Waals surface area contributed by atoms with Crippen molar-refractivity contribution >= 4 is 23.2 Å². The Morgan fingerprint density at radius 2 is 2.04 bits per heavy atom. The number of allylic oxidation sites excluding steroid dienone is 2. The summed E-state index contributed by atoms with van der Waals surface area (Å²) in [6.07, 6.45) is 3.35. The second kappa shape index (κ2) is 8.09. The first-order valence-corrected chi connectivity index (χ1v) is 8.83. The standard InChI is InChI=1S/C19H27ClNO2/c1-15-8-7-9-16(2)19(15)21(12-13-23-3,18(22)14-20)17-10-5-4-6-11-17/h4-6,10-11,15H,7-9,12-14H2,1-3H3/q+1. The molecule has 2 unspecified atom stereocenters. The Labute approximate surface area is 144 Å². The predicted molar refractivity (Wildman–Crippen MR) is 96.4 cm³/mol. The first kappa shape index (κ1) is 18.2. The van der Waals surface area contributed by atoms with E-state index in [4.69, 9.17) is 16.3 Å². The molecular weight excluding hydrogens is 310 g/mol. The van der Waals surface area contributed by atoms with E-state index in [2.05, 4.69) is 13.8 Å². The number of rotatable bonds is 6. The van der Waals surface area contributed by atoms with Crippen molar-refractivity contribution in [3.8, 4) is 0 Å². The maximum absolute atomic E-state index is 13.1. The number of alkyl halides is 1. The van der Waals surface area contributed by atoms with Crippen LogP contribution in [0.5, 0.6) is 0 Å². The Hall–Kier alpha value is -1.16. The Morgan fingerprint density at radius 3 is 2.61 bits per heavy atom. The van der Waals surface area contributed by atoms with Gasteiger partial charge in [-0.3, -0.25) is 0 Å². The largest absolute Gasteiger partial charge is 0.379 e. The van der Waals surface area contributed by atoms with Gasteiger partial charge < -0.3 is 4.74 Å². The van der Waals surface area contributed by atoms with Gasteiger partial charge in [0.05, 0.1) is 6.61 Å². The SMILES string of the molecule is COCC[N+](C(=O)CCl)(C1=C(C)CCCC1C)c1ccccc1. The highest BCUT2D eigenvalue weighted by Crippen LogP contribution is 2.40. The lowest BCUT2D eigenvalue weighted by molar-refractivity contribution is -0.127. The van der Waals surface area contributed by atoms with Crippen LogP contribution >= 0.6 is 11.6 Å². The molecule has 1 aliphatic rings. The van der Waals surface area contributed by atoms with E-state index in [0.29, 0.717) is 19.1 Å². The minimum atomic E-state index is 0.00209. The summed E-state index contributed by atoms with van der Waals surface area (Å²) < 4.78 is 5.54. The average Bonchev–Trinajstić information content (AvgIpc) is 2.57. The van der Waals surface area contributed by atoms with Crippen LogP contribution in [0.3, 0.4) is 0 Å². The first-order valence-electron chi connectivity index (χ1n) is 8.30. The second-order valence-electron chi connectivity index (χ2n) is 6.35. The van der Waals surface area contributed by atoms with Gasteiger partial charge in [-0.05, 0) is 31.8 Å². The van der Waals surface area contributed by atoms with Gasteiger partial charge in [0.1, 0.15) is 23.8 Å². The van der Waals surface area contributed by atoms with E-state index in [1.54, 1.807) is 7.11 Å². The number of hydrogen-bond donors (Lipinski definition) is 0. The number of methoxy groups -OCH3 is 1. The lowest BCUT2D eigenvalue weighted by Crippen LogP contribution is -2.58. The third-order valence-electron chi connectivity index (χ3n) is 4.87. The maximum Gasteiger partial charge on any atom is 0.338 e. The summed E-state index contributed by atoms with van der Waals surface area (Å²) >= 11 is 6.05. The molecule has 1 aliphatic carbocycles. The fourth-order valence-corrected chi connectivity index (χ4v) is 4.07. The summed E-state index contributed by atoms with van der Waals surface area (Å²) in [5.41, 5.74) is 3.52. The van der Waals surface area contributed by atoms with Gasteiger partial charge in [-0.2, -0.15) is 4.48 Å². The van der Waals surface area contributed by atoms with E-state index >= 15 is 0 Å². The average molecular weight is 337 g/mol. The molecule has 0 spiro atoms. The van der Waals surface area contributed by atoms with Crippen LogP contribution in [0, 0.1) is 5.92 Å². The highest BCUT2D eigenvalue weighted by atomic mass is 35.5. The molecule has 2 rings (SSSR count). The molecule has 0 saturated heterocycles. The molecule has 0 bridgehead atoms. The Balaban J connectivity index is 2.68. The second-order valence-corrected chi connectivity index (χ2v) is 6.62. The van der Waals surface area contributed by atoms with Crippen LogP contribution in [0.2, 0.25) is 0 Å². The Bertz CT molecular complexity index is 570. The van der Waals surface area contributed by atoms with Crippen LogP contribution in [-0.2, 0) is 9.53 Å². The fourth-order valence-electron chi connectivity index (χ4n) is 3.87. The molecule has 0 N–H and O–H groups in total. The molecule has 0 saturated carbocycles. The number of nitrogens with zero attached hydrogens (tertiary/aromatic N) is 1. The molecule has 0 aromatic heterocycles. The monoisotopic (exact) mass is 336 g/mol. The lowest BCUT2D eigenvalue weighted by Gasteiger charge is -2.41. The molecular formula is C19H27ClNO2+. The van der Waals surface area contributed by atoms with Crippen molar-refractivity contribution in [1.29, 1.82) is 0 Å². The molecule has 2 atom stereocenters. The molecule has 126 valence electrons. The van der Waals surface area contributed by atoms with Crippen molar-refractivity contribution in [2.45, 2.75) is 33.1 Å². The van der Waals surface area contributed by atoms with Gasteiger partial charge in [-0.15, -0.1) is 11.6 Å². The highest BCUT2D eigenvalue weighted by molar-refractivity contribution is 6.28. The third-order valence-corrected chi connectivity index (χ3v) is 5.10. The van der Waals surface area contributed by atoms with Gasteiger partial charge in [-0.25, -0.2) is 4.79 Å². The molecule has 1 aromatic rings. The van der Waals surface area contributed by atoms with Crippen molar-refractivity contribution in [3.63, 3.8) is 0 Å². The molecule has 0 fully saturated rings. The highest BCUT2D eigenvalue weighted by Gasteiger charge is 2.46. The molecule has 23 heavy (non-hydrogen) atoms. The predicted octanol–water partition coefficient (Wildman–Crippen LogP) is 4.50. The lowest BCUT2D eigenvalue weighted by atomic mass is 9.86. The molecule has 1 aromatic carbocycles. The van der Waals surface area contributed by atoms with Gasteiger partial charge in [-0.1, -0.05) is 25.1 Å². The van der Waals surface area contributed by atoms with Crippen LogP contribution < -0.4 is 4.48 Å². The number of amides is 1. The smallest absolute Gasteiger partial charge is 0.338 e. The van der Waals surface area contributed by atoms with Crippen LogP contribution in [-0.4, -0.2) is 32.0 Å². The Kier molecular flexibility index (Phi) is 6.40. The van der Waals surface area contributed by atoms with Crippen LogP contribution in [0.4, 0.5) is 5.69 Å². The number of quaternary nitrogens is 1. The first-order chi connectivity index (χ1) is 11.1. The van der Waals surface area contributed by atoms with E-state index in [1.165, 1.54) is 17.7 Å². The zero-order chi connectivity index (χ0) is 16.9. The molecule has 4 heteroatoms. The minimum Gasteiger partial charge on any atom is -0.379 e. The fraction of sp³-hybridized carbons (Fsp3) is 0.526. The number of halogens is 1. The molecule has 0 radical (unpaired) electrons. The normalized spacial score (nSPS) is 21.1. The molecule has 1 amide bonds. The van der Waals surface area contributed by atoms with Crippen LogP contribution in [0.1, 0.15) is 33.1 Å². The van der Waals surface area contributed by atoms with Gasteiger partial charge in [0.15, 0.2) is 0 Å². The summed E-state index contributed by atoms with van der Waals surface area (Å²) in [5, 5.41) is 0. The number of carbonyl (C=O) groups excluding carboxylic acids is 1. The number of benzene rings is 1. The van der Waals surface area contributed by atoms with Crippen molar-refractivity contribution in [3.05, 3.63) is 41.6 Å². The summed E-state index contributed by atoms with van der Waals surface area (Å²) in [6.45, 7) is 5.49. The zero-order valence-electron chi connectivity index (χ0n) is 14.3. The number of para-hydroxylation sites is 1. The zero-order valence-corrected chi connectivity index (χ0v) is 15.1. The van der Waals surface area contributed by atoms with Gasteiger partial charge in [0.2, 0.25) is 0 Å². The summed E-state index contributed by atoms with van der Waals surface area (Å²) in [7, 11) is 1.68. The number of hydrogen-bond acceptors (Lipinski definition) is 2. The minimum absolute atomic E-state index is 0.00209. The quantitative estimate of drug-likeness (QED) is 0.564.